The molecule has 0 aliphatic rings. The van der Waals surface area contributed by atoms with Crippen LogP contribution in [0, 0.1) is 0 Å². The van der Waals surface area contributed by atoms with Crippen molar-refractivity contribution in [3.8, 4) is 0 Å². The molecule has 66 valence electrons. The van der Waals surface area contributed by atoms with Crippen LogP contribution in [0.25, 0.3) is 0 Å². The fourth-order valence-corrected chi connectivity index (χ4v) is 0.376. The molecular formula is C4H11ClN4O2. The topological polar surface area (TPSA) is 115 Å². The minimum absolute atomic E-state index is 0. The summed E-state index contributed by atoms with van der Waals surface area (Å²) in [4.78, 5) is 12.8. The highest BCUT2D eigenvalue weighted by atomic mass is 35.5. The number of carbonyl (C=O) groups excluding carboxylic acids is 1. The quantitative estimate of drug-likeness (QED) is 0.129. The number of amides is 1. The van der Waals surface area contributed by atoms with Crippen LogP contribution >= 0.6 is 0 Å². The van der Waals surface area contributed by atoms with E-state index in [1.54, 1.807) is 0 Å². The predicted octanol–water partition coefficient (Wildman–Crippen LogP) is -6.76. The number of guanidine groups is 1. The van der Waals surface area contributed by atoms with Crippen LogP contribution in [0.15, 0.2) is 0 Å². The van der Waals surface area contributed by atoms with Crippen LogP contribution in [0.5, 0.6) is 0 Å². The Morgan fingerprint density at radius 2 is 2.09 bits per heavy atom. The third-order valence-electron chi connectivity index (χ3n) is 0.806. The fourth-order valence-electron chi connectivity index (χ4n) is 0.376. The third kappa shape index (κ3) is 8.99. The first-order chi connectivity index (χ1) is 4.66. The zero-order valence-corrected chi connectivity index (χ0v) is 6.56. The lowest BCUT2D eigenvalue weighted by atomic mass is 10.4. The summed E-state index contributed by atoms with van der Waals surface area (Å²) in [6, 6.07) is 0. The predicted molar refractivity (Wildman–Crippen MR) is 33.8 cm³/mol. The maximum absolute atomic E-state index is 10.3. The van der Waals surface area contributed by atoms with Crippen molar-refractivity contribution in [2.45, 2.75) is 6.42 Å². The molecule has 0 spiro atoms. The van der Waals surface area contributed by atoms with Gasteiger partial charge in [-0.15, -0.1) is 0 Å². The van der Waals surface area contributed by atoms with E-state index in [9.17, 15) is 4.79 Å². The lowest BCUT2D eigenvalue weighted by Gasteiger charge is -1.92. The van der Waals surface area contributed by atoms with E-state index in [0.29, 0.717) is 6.54 Å². The normalized spacial score (nSPS) is 7.73. The van der Waals surface area contributed by atoms with Crippen molar-refractivity contribution in [3.05, 3.63) is 0 Å². The first-order valence-electron chi connectivity index (χ1n) is 2.71. The zero-order valence-electron chi connectivity index (χ0n) is 5.80. The van der Waals surface area contributed by atoms with Gasteiger partial charge < -0.3 is 12.4 Å². The van der Waals surface area contributed by atoms with Gasteiger partial charge in [-0.1, -0.05) is 0 Å². The van der Waals surface area contributed by atoms with Gasteiger partial charge in [0, 0.05) is 0 Å². The monoisotopic (exact) mass is 182 g/mol. The van der Waals surface area contributed by atoms with Gasteiger partial charge in [-0.05, 0) is 0 Å². The lowest BCUT2D eigenvalue weighted by molar-refractivity contribution is -0.457. The molecular weight excluding hydrogens is 172 g/mol. The molecule has 1 amide bonds. The lowest BCUT2D eigenvalue weighted by Crippen LogP contribution is -3.00. The van der Waals surface area contributed by atoms with Gasteiger partial charge in [-0.25, -0.2) is 5.48 Å². The number of carbonyl (C=O) groups is 1. The number of hydrogen-bond donors (Lipinski definition) is 5. The highest BCUT2D eigenvalue weighted by Crippen LogP contribution is 1.67. The molecule has 6 nitrogen and oxygen atoms in total. The number of hydroxylamine groups is 1. The van der Waals surface area contributed by atoms with Crippen molar-refractivity contribution >= 4 is 11.9 Å². The Bertz CT molecular complexity index is 145. The molecule has 0 atom stereocenters. The Balaban J connectivity index is 0. The van der Waals surface area contributed by atoms with Crippen molar-refractivity contribution in [1.29, 1.82) is 0 Å². The highest BCUT2D eigenvalue weighted by molar-refractivity contribution is 5.74. The average Bonchev–Trinajstić information content (AvgIpc) is 1.87. The van der Waals surface area contributed by atoms with Crippen LogP contribution in [0.4, 0.5) is 0 Å². The van der Waals surface area contributed by atoms with E-state index in [1.807, 2.05) is 0 Å². The van der Waals surface area contributed by atoms with E-state index in [-0.39, 0.29) is 24.8 Å². The standard InChI is InChI=1S/C4H10N4O2.ClH/c5-4(6)7-2-1-3(9)8-10;/h10H,1-2H2,(H,8,9)(H4,5,6,7);1H. The Kier molecular flexibility index (Phi) is 8.16. The molecule has 11 heavy (non-hydrogen) atoms. The first-order valence-corrected chi connectivity index (χ1v) is 2.71. The van der Waals surface area contributed by atoms with Crippen molar-refractivity contribution in [1.82, 2.24) is 5.48 Å². The van der Waals surface area contributed by atoms with E-state index >= 15 is 0 Å². The van der Waals surface area contributed by atoms with Gasteiger partial charge >= 0.3 is 5.96 Å². The van der Waals surface area contributed by atoms with Gasteiger partial charge in [0.25, 0.3) is 0 Å². The number of hydrogen-bond acceptors (Lipinski definition) is 2. The second-order valence-electron chi connectivity index (χ2n) is 1.67. The molecule has 0 aliphatic heterocycles. The summed E-state index contributed by atoms with van der Waals surface area (Å²) >= 11 is 0. The Morgan fingerprint density at radius 1 is 1.55 bits per heavy atom. The molecule has 0 aromatic rings. The summed E-state index contributed by atoms with van der Waals surface area (Å²) in [7, 11) is 0. The molecule has 0 fully saturated rings. The fraction of sp³-hybridized carbons (Fsp3) is 0.500. The van der Waals surface area contributed by atoms with Gasteiger partial charge in [0.1, 0.15) is 0 Å². The molecule has 0 bridgehead atoms. The Morgan fingerprint density at radius 3 is 2.45 bits per heavy atom. The highest BCUT2D eigenvalue weighted by Gasteiger charge is 1.96. The maximum atomic E-state index is 10.3. The number of rotatable bonds is 3. The minimum Gasteiger partial charge on any atom is -1.00 e. The van der Waals surface area contributed by atoms with Gasteiger partial charge in [0.05, 0.1) is 13.0 Å². The second kappa shape index (κ2) is 7.10. The van der Waals surface area contributed by atoms with Gasteiger partial charge in [-0.3, -0.25) is 26.5 Å². The number of nitrogens with one attached hydrogen (secondary N) is 2. The summed E-state index contributed by atoms with van der Waals surface area (Å²) in [5.74, 6) is -0.417. The molecule has 0 aliphatic carbocycles. The summed E-state index contributed by atoms with van der Waals surface area (Å²) in [6.45, 7) is 0.314. The van der Waals surface area contributed by atoms with E-state index in [4.69, 9.17) is 16.7 Å². The second-order valence-corrected chi connectivity index (χ2v) is 1.67. The van der Waals surface area contributed by atoms with Crippen molar-refractivity contribution in [2.24, 2.45) is 11.5 Å². The van der Waals surface area contributed by atoms with Crippen molar-refractivity contribution in [2.75, 3.05) is 6.54 Å². The van der Waals surface area contributed by atoms with Gasteiger partial charge in [0.2, 0.25) is 5.91 Å². The molecule has 0 heterocycles. The number of halogens is 1. The van der Waals surface area contributed by atoms with Gasteiger partial charge in [0.15, 0.2) is 0 Å². The molecule has 0 aromatic heterocycles. The molecule has 0 saturated carbocycles. The minimum atomic E-state index is -0.478. The molecule has 0 radical (unpaired) electrons. The van der Waals surface area contributed by atoms with Crippen LogP contribution < -0.4 is 34.3 Å². The average molecular weight is 183 g/mol. The molecule has 7 heteroatoms. The van der Waals surface area contributed by atoms with Crippen molar-refractivity contribution < 1.29 is 27.4 Å². The third-order valence-corrected chi connectivity index (χ3v) is 0.806. The zero-order chi connectivity index (χ0) is 7.98. The Labute approximate surface area is 70.0 Å². The summed E-state index contributed by atoms with van der Waals surface area (Å²) < 4.78 is 0. The maximum Gasteiger partial charge on any atom is 0.338 e. The van der Waals surface area contributed by atoms with Crippen LogP contribution in [0.1, 0.15) is 6.42 Å². The molecule has 0 saturated heterocycles. The number of nitrogens with two attached hydrogens (primary N) is 2. The Hall–Kier alpha value is -1.01. The van der Waals surface area contributed by atoms with Crippen LogP contribution in [-0.2, 0) is 4.79 Å². The van der Waals surface area contributed by atoms with Gasteiger partial charge in [-0.2, -0.15) is 0 Å². The SMILES string of the molecule is NC(N)=[NH+]CCC(=O)NO.[Cl-]. The van der Waals surface area contributed by atoms with E-state index in [2.05, 4.69) is 4.99 Å². The summed E-state index contributed by atoms with van der Waals surface area (Å²) in [5.41, 5.74) is 11.5. The largest absolute Gasteiger partial charge is 1.00 e. The van der Waals surface area contributed by atoms with Crippen molar-refractivity contribution in [3.63, 3.8) is 0 Å². The van der Waals surface area contributed by atoms with E-state index < -0.39 is 5.91 Å². The summed E-state index contributed by atoms with van der Waals surface area (Å²) in [6.07, 6.45) is 0.133. The van der Waals surface area contributed by atoms with E-state index in [0.717, 1.165) is 0 Å². The molecule has 7 N–H and O–H groups in total. The molecule has 0 rings (SSSR count). The smallest absolute Gasteiger partial charge is 0.338 e. The summed E-state index contributed by atoms with van der Waals surface area (Å²) in [5, 5.41) is 8.00. The molecule has 0 aromatic carbocycles. The first kappa shape index (κ1) is 12.6. The van der Waals surface area contributed by atoms with Crippen LogP contribution in [0.3, 0.4) is 0 Å². The van der Waals surface area contributed by atoms with Crippen LogP contribution in [-0.4, -0.2) is 23.6 Å². The van der Waals surface area contributed by atoms with Crippen LogP contribution in [0.2, 0.25) is 0 Å². The molecule has 0 unspecified atom stereocenters. The van der Waals surface area contributed by atoms with E-state index in [1.165, 1.54) is 5.48 Å².